The van der Waals surface area contributed by atoms with E-state index in [2.05, 4.69) is 15.9 Å². The van der Waals surface area contributed by atoms with Gasteiger partial charge in [0, 0.05) is 32.1 Å². The van der Waals surface area contributed by atoms with Gasteiger partial charge in [0.2, 0.25) is 23.6 Å². The minimum absolute atomic E-state index is 0.0621. The van der Waals surface area contributed by atoms with E-state index in [1.807, 2.05) is 42.5 Å². The molecule has 1 saturated carbocycles. The molecule has 2 aliphatic carbocycles. The summed E-state index contributed by atoms with van der Waals surface area (Å²) in [5.74, 6) is -5.88. The van der Waals surface area contributed by atoms with Crippen LogP contribution in [0.1, 0.15) is 45.8 Å². The molecule has 0 spiro atoms. The molecule has 55 heavy (non-hydrogen) atoms. The van der Waals surface area contributed by atoms with Gasteiger partial charge in [-0.05, 0) is 85.0 Å². The molecule has 10 heteroatoms. The Morgan fingerprint density at radius 1 is 0.709 bits per heavy atom. The topological polar surface area (TPSA) is 112 Å². The highest BCUT2D eigenvalue weighted by atomic mass is 79.9. The van der Waals surface area contributed by atoms with Crippen molar-refractivity contribution in [3.05, 3.63) is 171 Å². The van der Waals surface area contributed by atoms with Crippen LogP contribution in [-0.4, -0.2) is 34.5 Å². The van der Waals surface area contributed by atoms with Gasteiger partial charge < -0.3 is 5.11 Å². The van der Waals surface area contributed by atoms with Crippen LogP contribution in [0.4, 0.5) is 11.4 Å². The smallest absolute Gasteiger partial charge is 0.246 e. The van der Waals surface area contributed by atoms with Gasteiger partial charge in [0.25, 0.3) is 0 Å². The molecular weight excluding hydrogens is 780 g/mol. The van der Waals surface area contributed by atoms with Crippen molar-refractivity contribution in [1.82, 2.24) is 0 Å². The first-order valence-corrected chi connectivity index (χ1v) is 19.2. The number of carbonyl (C=O) groups is 5. The Hall–Kier alpha value is -5.64. The van der Waals surface area contributed by atoms with Gasteiger partial charge in [-0.1, -0.05) is 106 Å². The van der Waals surface area contributed by atoms with Crippen molar-refractivity contribution >= 4 is 68.3 Å². The quantitative estimate of drug-likeness (QED) is 0.105. The number of hydrogen-bond donors (Lipinski definition) is 1. The average Bonchev–Trinajstić information content (AvgIpc) is 3.60. The van der Waals surface area contributed by atoms with Crippen LogP contribution in [0.3, 0.4) is 0 Å². The lowest BCUT2D eigenvalue weighted by Gasteiger charge is -2.50. The van der Waals surface area contributed by atoms with E-state index < -0.39 is 52.7 Å². The summed E-state index contributed by atoms with van der Waals surface area (Å²) in [6, 6.07) is 36.1. The number of carbonyl (C=O) groups excluding carboxylic acids is 5. The number of ketones is 1. The van der Waals surface area contributed by atoms with E-state index in [4.69, 9.17) is 11.6 Å². The molecule has 2 saturated heterocycles. The van der Waals surface area contributed by atoms with Crippen LogP contribution in [0.15, 0.2) is 144 Å². The highest BCUT2D eigenvalue weighted by Gasteiger charge is 2.70. The summed E-state index contributed by atoms with van der Waals surface area (Å²) in [5.41, 5.74) is 1.88. The number of amides is 4. The molecule has 4 aliphatic rings. The van der Waals surface area contributed by atoms with E-state index in [1.54, 1.807) is 91.0 Å². The Bertz CT molecular complexity index is 2470. The Balaban J connectivity index is 1.18. The lowest BCUT2D eigenvalue weighted by atomic mass is 9.49. The number of aromatic hydroxyl groups is 1. The van der Waals surface area contributed by atoms with Crippen LogP contribution in [0.25, 0.3) is 0 Å². The number of benzene rings is 5. The van der Waals surface area contributed by atoms with E-state index in [-0.39, 0.29) is 30.3 Å². The number of anilines is 2. The SMILES string of the molecule is O=C(c1ccccc1)c1ccc(N2C(=O)[C@H]3[C@H](CC=C4[C@H]3C[C@H]3C(=O)N(c5cccc(Cl)c5)C(=O)[C@@]3(c3ccccc3)[C@H]4c3cc(Br)ccc3O)C2=O)cc1. The number of nitrogens with zero attached hydrogens (tertiary/aromatic N) is 2. The van der Waals surface area contributed by atoms with Crippen molar-refractivity contribution < 1.29 is 29.1 Å². The first-order chi connectivity index (χ1) is 26.6. The molecule has 0 aromatic heterocycles. The van der Waals surface area contributed by atoms with Gasteiger partial charge >= 0.3 is 0 Å². The molecule has 2 aliphatic heterocycles. The summed E-state index contributed by atoms with van der Waals surface area (Å²) in [6.07, 6.45) is 2.29. The summed E-state index contributed by atoms with van der Waals surface area (Å²) >= 11 is 9.98. The molecule has 0 radical (unpaired) electrons. The maximum Gasteiger partial charge on any atom is 0.246 e. The third-order valence-electron chi connectivity index (χ3n) is 11.9. The van der Waals surface area contributed by atoms with Gasteiger partial charge in [0.1, 0.15) is 5.75 Å². The first-order valence-electron chi connectivity index (χ1n) is 18.1. The zero-order chi connectivity index (χ0) is 38.2. The number of phenols is 1. The maximum absolute atomic E-state index is 15.4. The standard InChI is InChI=1S/C45H32BrClN2O6/c46-28-16-21-37(50)35(22-28)39-32-19-20-33-38(43(54)48(41(33)52)30-17-14-26(15-18-30)40(51)25-8-3-1-4-9-25)34(32)24-36-42(53)49(31-13-7-12-29(47)23-31)44(55)45(36,39)27-10-5-2-6-11-27/h1-19,21-23,33-34,36,38-39,50H,20,24H2/t33-,34+,36-,38-,39+,45+/m0/s1. The van der Waals surface area contributed by atoms with Crippen molar-refractivity contribution in [2.75, 3.05) is 9.80 Å². The van der Waals surface area contributed by atoms with Gasteiger partial charge in [-0.2, -0.15) is 0 Å². The van der Waals surface area contributed by atoms with Crippen molar-refractivity contribution in [2.24, 2.45) is 23.7 Å². The molecule has 6 atom stereocenters. The summed E-state index contributed by atoms with van der Waals surface area (Å²) in [4.78, 5) is 74.8. The average molecular weight is 812 g/mol. The van der Waals surface area contributed by atoms with Crippen LogP contribution < -0.4 is 9.80 Å². The van der Waals surface area contributed by atoms with Crippen LogP contribution in [-0.2, 0) is 24.6 Å². The highest BCUT2D eigenvalue weighted by molar-refractivity contribution is 9.10. The van der Waals surface area contributed by atoms with E-state index in [0.29, 0.717) is 43.1 Å². The van der Waals surface area contributed by atoms with Crippen molar-refractivity contribution in [3.63, 3.8) is 0 Å². The third kappa shape index (κ3) is 5.28. The number of imide groups is 2. The van der Waals surface area contributed by atoms with Crippen molar-refractivity contribution in [3.8, 4) is 5.75 Å². The zero-order valence-corrected chi connectivity index (χ0v) is 31.5. The van der Waals surface area contributed by atoms with Crippen molar-refractivity contribution in [1.29, 1.82) is 0 Å². The Kier molecular flexibility index (Phi) is 8.47. The lowest BCUT2D eigenvalue weighted by molar-refractivity contribution is -0.127. The largest absolute Gasteiger partial charge is 0.508 e. The fourth-order valence-electron chi connectivity index (χ4n) is 9.62. The van der Waals surface area contributed by atoms with Crippen LogP contribution in [0.2, 0.25) is 5.02 Å². The number of rotatable bonds is 6. The molecule has 1 N–H and O–H groups in total. The van der Waals surface area contributed by atoms with Crippen molar-refractivity contribution in [2.45, 2.75) is 24.2 Å². The van der Waals surface area contributed by atoms with Gasteiger partial charge in [0.05, 0.1) is 34.5 Å². The minimum atomic E-state index is -1.51. The summed E-state index contributed by atoms with van der Waals surface area (Å²) < 4.78 is 0.660. The minimum Gasteiger partial charge on any atom is -0.508 e. The van der Waals surface area contributed by atoms with Crippen LogP contribution >= 0.6 is 27.5 Å². The zero-order valence-electron chi connectivity index (χ0n) is 29.1. The van der Waals surface area contributed by atoms with Gasteiger partial charge in [0.15, 0.2) is 5.78 Å². The normalized spacial score (nSPS) is 25.7. The fraction of sp³-hybridized carbons (Fsp3) is 0.178. The fourth-order valence-corrected chi connectivity index (χ4v) is 10.2. The van der Waals surface area contributed by atoms with Crippen LogP contribution in [0, 0.1) is 23.7 Å². The second kappa shape index (κ2) is 13.3. The van der Waals surface area contributed by atoms with Gasteiger partial charge in [-0.25, -0.2) is 4.90 Å². The molecule has 2 heterocycles. The summed E-state index contributed by atoms with van der Waals surface area (Å²) in [5, 5.41) is 12.0. The molecular formula is C45H32BrClN2O6. The van der Waals surface area contributed by atoms with E-state index in [0.717, 1.165) is 5.57 Å². The summed E-state index contributed by atoms with van der Waals surface area (Å²) in [6.45, 7) is 0. The van der Waals surface area contributed by atoms with Gasteiger partial charge in [-0.15, -0.1) is 0 Å². The number of fused-ring (bicyclic) bond motifs is 4. The Morgan fingerprint density at radius 3 is 2.11 bits per heavy atom. The number of allylic oxidation sites excluding steroid dienone is 2. The van der Waals surface area contributed by atoms with E-state index >= 15 is 4.79 Å². The number of halogens is 2. The second-order valence-corrected chi connectivity index (χ2v) is 15.9. The molecule has 8 nitrogen and oxygen atoms in total. The number of phenolic OH excluding ortho intramolecular Hbond substituents is 1. The van der Waals surface area contributed by atoms with Gasteiger partial charge in [-0.3, -0.25) is 28.9 Å². The van der Waals surface area contributed by atoms with E-state index in [9.17, 15) is 24.3 Å². The molecule has 0 unspecified atom stereocenters. The second-order valence-electron chi connectivity index (χ2n) is 14.6. The Labute approximate surface area is 330 Å². The monoisotopic (exact) mass is 810 g/mol. The maximum atomic E-state index is 15.4. The third-order valence-corrected chi connectivity index (χ3v) is 12.6. The predicted molar refractivity (Wildman–Crippen MR) is 211 cm³/mol. The number of hydrogen-bond acceptors (Lipinski definition) is 6. The molecule has 9 rings (SSSR count). The molecule has 0 bridgehead atoms. The Morgan fingerprint density at radius 2 is 1.40 bits per heavy atom. The predicted octanol–water partition coefficient (Wildman–Crippen LogP) is 8.41. The van der Waals surface area contributed by atoms with E-state index in [1.165, 1.54) is 9.80 Å². The first kappa shape index (κ1) is 35.1. The molecule has 3 fully saturated rings. The molecule has 4 amide bonds. The molecule has 272 valence electrons. The summed E-state index contributed by atoms with van der Waals surface area (Å²) in [7, 11) is 0. The van der Waals surface area contributed by atoms with Crippen LogP contribution in [0.5, 0.6) is 5.75 Å². The lowest BCUT2D eigenvalue weighted by Crippen LogP contribution is -2.53. The molecule has 5 aromatic carbocycles. The molecule has 5 aromatic rings. The highest BCUT2D eigenvalue weighted by Crippen LogP contribution is 2.65.